The number of rotatable bonds is 2. The third kappa shape index (κ3) is 4.18. The molecule has 0 aromatic heterocycles. The fourth-order valence-corrected chi connectivity index (χ4v) is 9.19. The number of hydrogen-bond acceptors (Lipinski definition) is 3. The molecule has 5 aliphatic rings. The highest BCUT2D eigenvalue weighted by atomic mass is 35.5. The molecule has 0 saturated heterocycles. The van der Waals surface area contributed by atoms with E-state index in [2.05, 4.69) is 21.6 Å². The number of carbonyl (C=O) groups is 1. The molecule has 222 valence electrons. The van der Waals surface area contributed by atoms with E-state index in [9.17, 15) is 9.90 Å². The average molecular weight is 657 g/mol. The lowest BCUT2D eigenvalue weighted by Crippen LogP contribution is -2.41. The summed E-state index contributed by atoms with van der Waals surface area (Å²) < 4.78 is 9.64. The molecule has 3 aromatic carbocycles. The molecule has 0 unspecified atom stereocenters. The summed E-state index contributed by atoms with van der Waals surface area (Å²) >= 11 is 26.8. The Morgan fingerprint density at radius 2 is 1.49 bits per heavy atom. The molecule has 5 aliphatic heterocycles. The van der Waals surface area contributed by atoms with Crippen LogP contribution in [0.15, 0.2) is 12.1 Å². The van der Waals surface area contributed by atoms with Crippen molar-refractivity contribution >= 4 is 63.6 Å². The first kappa shape index (κ1) is 28.1. The summed E-state index contributed by atoms with van der Waals surface area (Å²) in [7, 11) is 0. The fourth-order valence-electron chi connectivity index (χ4n) is 8.17. The van der Waals surface area contributed by atoms with Crippen molar-refractivity contribution < 1.29 is 14.6 Å². The molecule has 3 aromatic rings. The highest BCUT2D eigenvalue weighted by Crippen LogP contribution is 2.51. The van der Waals surface area contributed by atoms with Crippen molar-refractivity contribution in [2.45, 2.75) is 64.2 Å². The number of nitrogens with zero attached hydrogens (tertiary/aromatic N) is 2. The summed E-state index contributed by atoms with van der Waals surface area (Å²) in [6.45, 7) is 4.15. The van der Waals surface area contributed by atoms with Crippen molar-refractivity contribution in [2.75, 3.05) is 31.1 Å². The van der Waals surface area contributed by atoms with Gasteiger partial charge < -0.3 is 14.7 Å². The van der Waals surface area contributed by atoms with Gasteiger partial charge in [0.1, 0.15) is 24.6 Å². The van der Waals surface area contributed by atoms with Gasteiger partial charge in [0.25, 0.3) is 0 Å². The number of aryl methyl sites for hydroxylation is 2. The summed E-state index contributed by atoms with van der Waals surface area (Å²) in [5.74, 6) is 0.418. The smallest absolute Gasteiger partial charge is 0.337 e. The Bertz CT molecular complexity index is 1900. The first-order valence-electron chi connectivity index (χ1n) is 15.4. The van der Waals surface area contributed by atoms with Gasteiger partial charge in [0.15, 0.2) is 0 Å². The highest BCUT2D eigenvalue weighted by Gasteiger charge is 2.37. The van der Waals surface area contributed by atoms with Crippen LogP contribution in [0.25, 0.3) is 5.57 Å². The predicted octanol–water partition coefficient (Wildman–Crippen LogP) is 7.21. The minimum absolute atomic E-state index is 0.0529. The normalized spacial score (nSPS) is 18.6. The monoisotopic (exact) mass is 655 g/mol. The first-order chi connectivity index (χ1) is 20.8. The number of benzene rings is 3. The van der Waals surface area contributed by atoms with E-state index in [1.807, 2.05) is 0 Å². The Labute approximate surface area is 270 Å². The van der Waals surface area contributed by atoms with Gasteiger partial charge in [-0.25, -0.2) is 9.37 Å². The lowest BCUT2D eigenvalue weighted by atomic mass is 9.83. The Balaban J connectivity index is 1.58. The molecule has 9 heteroatoms. The van der Waals surface area contributed by atoms with Crippen LogP contribution in [-0.2, 0) is 25.7 Å². The summed E-state index contributed by atoms with van der Waals surface area (Å²) in [5, 5.41) is 12.7. The van der Waals surface area contributed by atoms with Crippen molar-refractivity contribution in [3.8, 4) is 11.5 Å². The second-order valence-corrected chi connectivity index (χ2v) is 13.9. The molecule has 0 spiro atoms. The van der Waals surface area contributed by atoms with Crippen LogP contribution in [0.5, 0.6) is 11.5 Å². The molecule has 0 bridgehead atoms. The number of aromatic carboxylic acids is 1. The maximum atomic E-state index is 12.9. The Morgan fingerprint density at radius 3 is 2.33 bits per heavy atom. The molecule has 0 radical (unpaired) electrons. The van der Waals surface area contributed by atoms with Gasteiger partial charge in [-0.1, -0.05) is 46.4 Å². The number of fused-ring (bicyclic) bond motifs is 4. The van der Waals surface area contributed by atoms with Gasteiger partial charge in [0.2, 0.25) is 5.36 Å². The van der Waals surface area contributed by atoms with Crippen molar-refractivity contribution in [3.63, 3.8) is 0 Å². The number of carboxylic acids is 1. The molecular weight excluding hydrogens is 626 g/mol. The van der Waals surface area contributed by atoms with Crippen LogP contribution in [-0.4, -0.2) is 37.3 Å². The lowest BCUT2D eigenvalue weighted by Gasteiger charge is -2.36. The molecule has 5 heterocycles. The van der Waals surface area contributed by atoms with E-state index < -0.39 is 5.97 Å². The Hall–Kier alpha value is -2.44. The van der Waals surface area contributed by atoms with E-state index in [0.717, 1.165) is 118 Å². The van der Waals surface area contributed by atoms with Crippen molar-refractivity contribution in [1.29, 1.82) is 0 Å². The molecule has 1 N–H and O–H groups in total. The maximum absolute atomic E-state index is 12.9. The molecule has 0 aliphatic carbocycles. The zero-order chi connectivity index (χ0) is 29.6. The van der Waals surface area contributed by atoms with Crippen LogP contribution in [0.4, 0.5) is 5.69 Å². The molecule has 0 fully saturated rings. The first-order valence-corrected chi connectivity index (χ1v) is 16.9. The SMILES string of the molecule is O=C(O)c1c(Cl)c(Cl)c(Cl)c(Cl)c1C1=c2cc3c4c(c2Oc2c1cc1c5c2CCCN5CCCC1)CCC[N+]=4CCCC3. The van der Waals surface area contributed by atoms with Crippen LogP contribution >= 0.6 is 46.4 Å². The van der Waals surface area contributed by atoms with Crippen molar-refractivity contribution in [3.05, 3.63) is 81.7 Å². The third-order valence-electron chi connectivity index (χ3n) is 9.92. The van der Waals surface area contributed by atoms with E-state index in [1.165, 1.54) is 33.3 Å². The van der Waals surface area contributed by atoms with Gasteiger partial charge >= 0.3 is 5.97 Å². The Morgan fingerprint density at radius 1 is 0.767 bits per heavy atom. The maximum Gasteiger partial charge on any atom is 0.337 e. The van der Waals surface area contributed by atoms with Crippen LogP contribution < -0.4 is 24.8 Å². The molecule has 0 amide bonds. The van der Waals surface area contributed by atoms with Crippen LogP contribution in [0, 0.1) is 0 Å². The van der Waals surface area contributed by atoms with E-state index in [4.69, 9.17) is 51.1 Å². The Kier molecular flexibility index (Phi) is 6.91. The number of anilines is 1. The molecular formula is C34H31Cl4N2O3+. The number of hydrogen-bond donors (Lipinski definition) is 1. The van der Waals surface area contributed by atoms with E-state index >= 15 is 0 Å². The van der Waals surface area contributed by atoms with Gasteiger partial charge in [0.05, 0.1) is 31.2 Å². The number of halogens is 4. The fraction of sp³-hybridized carbons (Fsp3) is 0.412. The van der Waals surface area contributed by atoms with E-state index in [0.29, 0.717) is 5.56 Å². The zero-order valence-corrected chi connectivity index (χ0v) is 26.7. The van der Waals surface area contributed by atoms with E-state index in [-0.39, 0.29) is 25.7 Å². The minimum atomic E-state index is -1.20. The number of carboxylic acid groups (broad SMARTS) is 1. The van der Waals surface area contributed by atoms with E-state index in [1.54, 1.807) is 0 Å². The summed E-state index contributed by atoms with van der Waals surface area (Å²) in [5.41, 5.74) is 8.01. The molecule has 43 heavy (non-hydrogen) atoms. The van der Waals surface area contributed by atoms with Crippen LogP contribution in [0.2, 0.25) is 20.1 Å². The third-order valence-corrected chi connectivity index (χ3v) is 11.7. The van der Waals surface area contributed by atoms with Crippen LogP contribution in [0.1, 0.15) is 82.3 Å². The van der Waals surface area contributed by atoms with Gasteiger partial charge in [-0.15, -0.1) is 0 Å². The standard InChI is InChI=1S/C34H30Cl4N2O3/c35-26-24(25(34(41)42)27(36)29(38)28(26)37)23-21-15-17-7-1-3-11-39-13-5-9-19(30(17)39)32(21)43-33-20-10-6-14-40-12-4-2-8-18(31(20)40)16-22(23)33/h15-16H,1-14H2/p+1. The topological polar surface area (TPSA) is 52.8 Å². The molecule has 0 saturated carbocycles. The molecule has 8 rings (SSSR count). The molecule has 0 atom stereocenters. The van der Waals surface area contributed by atoms with Crippen LogP contribution in [0.3, 0.4) is 0 Å². The lowest BCUT2D eigenvalue weighted by molar-refractivity contribution is 0.0696. The highest BCUT2D eigenvalue weighted by molar-refractivity contribution is 6.53. The largest absolute Gasteiger partial charge is 0.478 e. The van der Waals surface area contributed by atoms with Gasteiger partial charge in [-0.3, -0.25) is 0 Å². The predicted molar refractivity (Wildman–Crippen MR) is 173 cm³/mol. The number of ether oxygens (including phenoxy) is 1. The molecule has 5 nitrogen and oxygen atoms in total. The van der Waals surface area contributed by atoms with Crippen molar-refractivity contribution in [1.82, 2.24) is 4.58 Å². The quantitative estimate of drug-likeness (QED) is 0.141. The second kappa shape index (κ2) is 10.6. The van der Waals surface area contributed by atoms with Gasteiger partial charge in [-0.2, -0.15) is 0 Å². The summed E-state index contributed by atoms with van der Waals surface area (Å²) in [4.78, 5) is 15.5. The second-order valence-electron chi connectivity index (χ2n) is 12.4. The summed E-state index contributed by atoms with van der Waals surface area (Å²) in [6.07, 6.45) is 10.3. The van der Waals surface area contributed by atoms with Gasteiger partial charge in [-0.05, 0) is 69.1 Å². The van der Waals surface area contributed by atoms with Crippen molar-refractivity contribution in [2.24, 2.45) is 0 Å². The average Bonchev–Trinajstić information content (AvgIpc) is 3.35. The summed E-state index contributed by atoms with van der Waals surface area (Å²) in [6, 6.07) is 4.44. The van der Waals surface area contributed by atoms with Gasteiger partial charge in [0, 0.05) is 64.7 Å². The minimum Gasteiger partial charge on any atom is -0.478 e. The zero-order valence-electron chi connectivity index (χ0n) is 23.7.